The van der Waals surface area contributed by atoms with Gasteiger partial charge in [-0.25, -0.2) is 0 Å². The first-order chi connectivity index (χ1) is 15.4. The van der Waals surface area contributed by atoms with Crippen molar-refractivity contribution in [3.05, 3.63) is 126 Å². The van der Waals surface area contributed by atoms with Gasteiger partial charge in [0.1, 0.15) is 18.0 Å². The van der Waals surface area contributed by atoms with Gasteiger partial charge in [-0.3, -0.25) is 4.79 Å². The summed E-state index contributed by atoms with van der Waals surface area (Å²) >= 11 is 0. The van der Waals surface area contributed by atoms with E-state index in [9.17, 15) is 15.0 Å². The summed E-state index contributed by atoms with van der Waals surface area (Å²) in [7, 11) is 0. The van der Waals surface area contributed by atoms with Gasteiger partial charge >= 0.3 is 0 Å². The van der Waals surface area contributed by atoms with Crippen LogP contribution in [0.1, 0.15) is 46.2 Å². The standard InChI is InChI=1S/C28H24O4/c1-4-6-25(29)20-8-10-22(11-9-20)27(31)16-19(3)24-17-28(32-18-24)23-14-12-21(13-15-23)26(30)7-5-2/h6-18,25-26,29-30H,1-2H2,3H3/b19-16+. The summed E-state index contributed by atoms with van der Waals surface area (Å²) in [5, 5.41) is 19.9. The number of ketones is 1. The minimum Gasteiger partial charge on any atom is -0.464 e. The molecule has 1 aromatic heterocycles. The zero-order valence-electron chi connectivity index (χ0n) is 17.8. The third-order valence-electron chi connectivity index (χ3n) is 5.03. The Morgan fingerprint density at radius 3 is 1.97 bits per heavy atom. The number of aliphatic hydroxyl groups is 2. The van der Waals surface area contributed by atoms with Crippen LogP contribution < -0.4 is 0 Å². The van der Waals surface area contributed by atoms with Gasteiger partial charge in [-0.05, 0) is 47.9 Å². The molecule has 0 aliphatic rings. The average Bonchev–Trinajstić information content (AvgIpc) is 3.30. The van der Waals surface area contributed by atoms with Gasteiger partial charge in [0.15, 0.2) is 5.78 Å². The molecule has 0 spiro atoms. The maximum atomic E-state index is 12.6. The summed E-state index contributed by atoms with van der Waals surface area (Å²) in [6.45, 7) is 8.76. The van der Waals surface area contributed by atoms with Gasteiger partial charge in [-0.15, -0.1) is 11.5 Å². The number of carbonyl (C=O) groups excluding carboxylic acids is 1. The largest absolute Gasteiger partial charge is 0.464 e. The Balaban J connectivity index is 1.74. The number of carbonyl (C=O) groups is 1. The third kappa shape index (κ3) is 5.41. The molecule has 32 heavy (non-hydrogen) atoms. The van der Waals surface area contributed by atoms with Gasteiger partial charge in [0, 0.05) is 16.7 Å². The second-order valence-electron chi connectivity index (χ2n) is 7.27. The van der Waals surface area contributed by atoms with Crippen molar-refractivity contribution in [2.75, 3.05) is 0 Å². The molecule has 0 saturated carbocycles. The van der Waals surface area contributed by atoms with Gasteiger partial charge in [0.05, 0.1) is 6.26 Å². The lowest BCUT2D eigenvalue weighted by Crippen LogP contribution is -1.98. The van der Waals surface area contributed by atoms with Crippen molar-refractivity contribution in [3.8, 4) is 11.3 Å². The Bertz CT molecular complexity index is 1210. The van der Waals surface area contributed by atoms with E-state index in [1.807, 2.05) is 37.3 Å². The van der Waals surface area contributed by atoms with Crippen molar-refractivity contribution < 1.29 is 19.4 Å². The monoisotopic (exact) mass is 424 g/mol. The second kappa shape index (κ2) is 10.4. The molecular weight excluding hydrogens is 400 g/mol. The summed E-state index contributed by atoms with van der Waals surface area (Å²) < 4.78 is 5.68. The van der Waals surface area contributed by atoms with E-state index in [0.29, 0.717) is 16.9 Å². The van der Waals surface area contributed by atoms with E-state index < -0.39 is 12.2 Å². The number of rotatable bonds is 8. The fourth-order valence-electron chi connectivity index (χ4n) is 3.16. The molecule has 2 atom stereocenters. The molecule has 1 heterocycles. The fraction of sp³-hybridized carbons (Fsp3) is 0.107. The molecule has 0 fully saturated rings. The van der Waals surface area contributed by atoms with Gasteiger partial charge < -0.3 is 14.6 Å². The number of hydrogen-bond donors (Lipinski definition) is 2. The van der Waals surface area contributed by atoms with Crippen LogP contribution in [0.15, 0.2) is 108 Å². The summed E-state index contributed by atoms with van der Waals surface area (Å²) in [4.78, 5) is 12.6. The lowest BCUT2D eigenvalue weighted by molar-refractivity contribution is 0.104. The number of aliphatic hydroxyl groups excluding tert-OH is 2. The molecule has 4 heteroatoms. The molecule has 3 rings (SSSR count). The average molecular weight is 424 g/mol. The predicted molar refractivity (Wildman–Crippen MR) is 126 cm³/mol. The number of benzene rings is 2. The summed E-state index contributed by atoms with van der Waals surface area (Å²) in [5.41, 5.74) is 9.47. The topological polar surface area (TPSA) is 70.7 Å². The normalized spacial score (nSPS) is 12.9. The maximum absolute atomic E-state index is 12.6. The lowest BCUT2D eigenvalue weighted by Gasteiger charge is -2.05. The molecule has 0 saturated heterocycles. The van der Waals surface area contributed by atoms with Crippen molar-refractivity contribution in [2.24, 2.45) is 0 Å². The minimum atomic E-state index is -0.797. The first-order valence-corrected chi connectivity index (χ1v) is 10.0. The molecule has 4 nitrogen and oxygen atoms in total. The molecule has 2 aromatic carbocycles. The van der Waals surface area contributed by atoms with Gasteiger partial charge in [-0.2, -0.15) is 0 Å². The summed E-state index contributed by atoms with van der Waals surface area (Å²) in [6.07, 6.45) is 4.56. The van der Waals surface area contributed by atoms with E-state index in [4.69, 9.17) is 4.42 Å². The molecule has 0 bridgehead atoms. The van der Waals surface area contributed by atoms with E-state index in [2.05, 4.69) is 24.6 Å². The number of furan rings is 1. The van der Waals surface area contributed by atoms with Gasteiger partial charge in [0.25, 0.3) is 0 Å². The first-order valence-electron chi connectivity index (χ1n) is 10.0. The quantitative estimate of drug-likeness (QED) is 0.265. The van der Waals surface area contributed by atoms with Crippen LogP contribution in [0.5, 0.6) is 0 Å². The van der Waals surface area contributed by atoms with Crippen molar-refractivity contribution in [3.63, 3.8) is 0 Å². The third-order valence-corrected chi connectivity index (χ3v) is 5.03. The Kier molecular flexibility index (Phi) is 7.41. The Morgan fingerprint density at radius 1 is 0.906 bits per heavy atom. The van der Waals surface area contributed by atoms with Crippen LogP contribution in [-0.4, -0.2) is 16.0 Å². The van der Waals surface area contributed by atoms with E-state index in [0.717, 1.165) is 22.3 Å². The van der Waals surface area contributed by atoms with Crippen molar-refractivity contribution in [1.82, 2.24) is 0 Å². The Labute approximate surface area is 187 Å². The second-order valence-corrected chi connectivity index (χ2v) is 7.27. The highest BCUT2D eigenvalue weighted by molar-refractivity contribution is 6.08. The maximum Gasteiger partial charge on any atom is 0.186 e. The number of allylic oxidation sites excluding steroid dienone is 2. The van der Waals surface area contributed by atoms with Gasteiger partial charge in [0.2, 0.25) is 0 Å². The first kappa shape index (κ1) is 22.8. The molecule has 0 aliphatic carbocycles. The van der Waals surface area contributed by atoms with E-state index in [-0.39, 0.29) is 5.78 Å². The molecule has 3 aromatic rings. The Hall–Kier alpha value is -3.91. The van der Waals surface area contributed by atoms with Crippen LogP contribution in [0.4, 0.5) is 0 Å². The predicted octanol–water partition coefficient (Wildman–Crippen LogP) is 5.98. The van der Waals surface area contributed by atoms with Gasteiger partial charge in [-0.1, -0.05) is 61.7 Å². The molecule has 0 aliphatic heterocycles. The van der Waals surface area contributed by atoms with Crippen LogP contribution in [0.3, 0.4) is 0 Å². The van der Waals surface area contributed by atoms with Crippen molar-refractivity contribution >= 4 is 11.4 Å². The highest BCUT2D eigenvalue weighted by Gasteiger charge is 2.11. The van der Waals surface area contributed by atoms with Crippen LogP contribution in [0.25, 0.3) is 16.9 Å². The molecular formula is C28H24O4. The van der Waals surface area contributed by atoms with Crippen LogP contribution >= 0.6 is 0 Å². The SMILES string of the molecule is C=C=CC(O)c1ccc(C(=O)/C=C(\C)c2coc(-c3ccc(C(O)C=C=C)cc3)c2)cc1. The Morgan fingerprint density at radius 2 is 1.44 bits per heavy atom. The molecule has 0 radical (unpaired) electrons. The lowest BCUT2D eigenvalue weighted by atomic mass is 10.0. The van der Waals surface area contributed by atoms with Crippen LogP contribution in [0, 0.1) is 0 Å². The molecule has 2 N–H and O–H groups in total. The molecule has 0 amide bonds. The van der Waals surface area contributed by atoms with Crippen molar-refractivity contribution in [2.45, 2.75) is 19.1 Å². The smallest absolute Gasteiger partial charge is 0.186 e. The van der Waals surface area contributed by atoms with E-state index in [1.165, 1.54) is 12.2 Å². The minimum absolute atomic E-state index is 0.140. The van der Waals surface area contributed by atoms with Crippen LogP contribution in [0.2, 0.25) is 0 Å². The summed E-state index contributed by atoms with van der Waals surface area (Å²) in [5.74, 6) is 0.522. The zero-order chi connectivity index (χ0) is 23.1. The molecule has 160 valence electrons. The van der Waals surface area contributed by atoms with E-state index in [1.54, 1.807) is 36.6 Å². The fourth-order valence-corrected chi connectivity index (χ4v) is 3.16. The highest BCUT2D eigenvalue weighted by atomic mass is 16.3. The number of hydrogen-bond acceptors (Lipinski definition) is 4. The van der Waals surface area contributed by atoms with Crippen LogP contribution in [-0.2, 0) is 0 Å². The molecule has 2 unspecified atom stereocenters. The summed E-state index contributed by atoms with van der Waals surface area (Å²) in [6, 6.07) is 16.0. The van der Waals surface area contributed by atoms with Crippen molar-refractivity contribution in [1.29, 1.82) is 0 Å². The highest BCUT2D eigenvalue weighted by Crippen LogP contribution is 2.27. The zero-order valence-corrected chi connectivity index (χ0v) is 17.8. The van der Waals surface area contributed by atoms with E-state index >= 15 is 0 Å².